The topological polar surface area (TPSA) is 48.1 Å². The van der Waals surface area contributed by atoms with Crippen LogP contribution < -0.4 is 5.32 Å². The number of aromatic amines is 1. The highest BCUT2D eigenvalue weighted by atomic mass is 19.2. The number of carbonyl (C=O) groups excluding carboxylic acids is 1. The number of H-pyrrole nitrogens is 1. The molecule has 3 aromatic carbocycles. The fourth-order valence-electron chi connectivity index (χ4n) is 4.48. The normalized spacial score (nSPS) is 13.7. The van der Waals surface area contributed by atoms with Crippen molar-refractivity contribution in [3.05, 3.63) is 100 Å². The fourth-order valence-corrected chi connectivity index (χ4v) is 4.48. The van der Waals surface area contributed by atoms with Gasteiger partial charge in [0.25, 0.3) is 5.91 Å². The predicted octanol–water partition coefficient (Wildman–Crippen LogP) is 5.72. The molecule has 1 amide bonds. The molecule has 4 aromatic rings. The van der Waals surface area contributed by atoms with Crippen LogP contribution in [0.3, 0.4) is 0 Å². The molecule has 0 aliphatic carbocycles. The molecule has 35 heavy (non-hydrogen) atoms. The zero-order chi connectivity index (χ0) is 24.7. The van der Waals surface area contributed by atoms with Gasteiger partial charge in [-0.2, -0.15) is 0 Å². The van der Waals surface area contributed by atoms with Crippen LogP contribution in [-0.4, -0.2) is 28.9 Å². The number of anilines is 1. The zero-order valence-electron chi connectivity index (χ0n) is 18.4. The Labute approximate surface area is 197 Å². The van der Waals surface area contributed by atoms with E-state index in [1.54, 1.807) is 12.1 Å². The van der Waals surface area contributed by atoms with Gasteiger partial charge in [0.2, 0.25) is 5.82 Å². The summed E-state index contributed by atoms with van der Waals surface area (Å²) in [4.78, 5) is 17.9. The molecule has 0 atom stereocenters. The van der Waals surface area contributed by atoms with E-state index < -0.39 is 40.6 Å². The number of fused-ring (bicyclic) bond motifs is 2. The molecule has 0 fully saturated rings. The highest BCUT2D eigenvalue weighted by Gasteiger charge is 2.29. The van der Waals surface area contributed by atoms with Crippen LogP contribution in [0.4, 0.5) is 27.6 Å². The number of hydrogen-bond donors (Lipinski definition) is 2. The van der Waals surface area contributed by atoms with Gasteiger partial charge in [0.15, 0.2) is 23.3 Å². The van der Waals surface area contributed by atoms with E-state index in [0.717, 1.165) is 48.9 Å². The number of rotatable bonds is 5. The summed E-state index contributed by atoms with van der Waals surface area (Å²) in [6, 6.07) is 13.1. The molecule has 180 valence electrons. The first-order valence-electron chi connectivity index (χ1n) is 11.1. The minimum absolute atomic E-state index is 0.166. The van der Waals surface area contributed by atoms with Crippen molar-refractivity contribution in [1.82, 2.24) is 9.88 Å². The van der Waals surface area contributed by atoms with Crippen LogP contribution in [0.15, 0.2) is 48.7 Å². The molecular weight excluding hydrogens is 465 g/mol. The molecule has 0 radical (unpaired) electrons. The first kappa shape index (κ1) is 23.0. The summed E-state index contributed by atoms with van der Waals surface area (Å²) in [6.45, 7) is 2.62. The van der Waals surface area contributed by atoms with Crippen LogP contribution in [0, 0.1) is 29.1 Å². The molecular formula is C26H20F5N3O. The van der Waals surface area contributed by atoms with Gasteiger partial charge in [-0.1, -0.05) is 24.3 Å². The van der Waals surface area contributed by atoms with Gasteiger partial charge in [0.05, 0.1) is 0 Å². The van der Waals surface area contributed by atoms with Gasteiger partial charge in [-0.3, -0.25) is 9.69 Å². The molecule has 1 aliphatic heterocycles. The monoisotopic (exact) mass is 485 g/mol. The third kappa shape index (κ3) is 4.27. The minimum atomic E-state index is -2.31. The van der Waals surface area contributed by atoms with Crippen molar-refractivity contribution >= 4 is 22.5 Å². The van der Waals surface area contributed by atoms with E-state index in [2.05, 4.69) is 27.3 Å². The Bertz CT molecular complexity index is 1420. The number of aromatic nitrogens is 1. The molecule has 0 saturated heterocycles. The molecule has 9 heteroatoms. The quantitative estimate of drug-likeness (QED) is 0.216. The lowest BCUT2D eigenvalue weighted by Gasteiger charge is -2.28. The van der Waals surface area contributed by atoms with E-state index in [4.69, 9.17) is 0 Å². The first-order valence-corrected chi connectivity index (χ1v) is 11.1. The highest BCUT2D eigenvalue weighted by molar-refractivity contribution is 6.05. The summed E-state index contributed by atoms with van der Waals surface area (Å²) in [7, 11) is 0. The maximum Gasteiger partial charge on any atom is 0.261 e. The van der Waals surface area contributed by atoms with E-state index in [1.165, 1.54) is 17.2 Å². The zero-order valence-corrected chi connectivity index (χ0v) is 18.4. The number of nitrogens with zero attached hydrogens (tertiary/aromatic N) is 1. The Morgan fingerprint density at radius 1 is 0.914 bits per heavy atom. The van der Waals surface area contributed by atoms with Gasteiger partial charge in [-0.05, 0) is 47.7 Å². The lowest BCUT2D eigenvalue weighted by molar-refractivity contribution is 0.101. The molecule has 0 spiro atoms. The maximum absolute atomic E-state index is 14.0. The Morgan fingerprint density at radius 3 is 2.34 bits per heavy atom. The lowest BCUT2D eigenvalue weighted by atomic mass is 9.99. The van der Waals surface area contributed by atoms with Crippen LogP contribution in [0.1, 0.15) is 27.0 Å². The van der Waals surface area contributed by atoms with Gasteiger partial charge in [0.1, 0.15) is 5.56 Å². The van der Waals surface area contributed by atoms with Crippen molar-refractivity contribution in [1.29, 1.82) is 0 Å². The van der Waals surface area contributed by atoms with Crippen molar-refractivity contribution in [2.75, 3.05) is 18.4 Å². The molecule has 0 saturated carbocycles. The first-order chi connectivity index (χ1) is 16.8. The Morgan fingerprint density at radius 2 is 1.60 bits per heavy atom. The summed E-state index contributed by atoms with van der Waals surface area (Å²) in [5.41, 5.74) is 3.09. The van der Waals surface area contributed by atoms with Gasteiger partial charge >= 0.3 is 0 Å². The summed E-state index contributed by atoms with van der Waals surface area (Å²) < 4.78 is 68.3. The number of benzene rings is 3. The van der Waals surface area contributed by atoms with Crippen molar-refractivity contribution in [2.45, 2.75) is 19.4 Å². The van der Waals surface area contributed by atoms with Gasteiger partial charge in [-0.25, -0.2) is 22.0 Å². The van der Waals surface area contributed by atoms with Crippen LogP contribution in [-0.2, 0) is 19.4 Å². The Kier molecular flexibility index (Phi) is 6.02. The number of nitrogens with one attached hydrogen (secondary N) is 2. The van der Waals surface area contributed by atoms with Crippen molar-refractivity contribution in [3.63, 3.8) is 0 Å². The average molecular weight is 485 g/mol. The Balaban J connectivity index is 1.33. The molecule has 1 aliphatic rings. The van der Waals surface area contributed by atoms with E-state index in [0.29, 0.717) is 0 Å². The van der Waals surface area contributed by atoms with Gasteiger partial charge in [-0.15, -0.1) is 0 Å². The number of hydrogen-bond acceptors (Lipinski definition) is 2. The molecule has 5 rings (SSSR count). The number of carbonyl (C=O) groups is 1. The summed E-state index contributed by atoms with van der Waals surface area (Å²) in [6.07, 6.45) is 3.56. The third-order valence-electron chi connectivity index (χ3n) is 6.37. The van der Waals surface area contributed by atoms with E-state index in [-0.39, 0.29) is 5.69 Å². The number of amides is 1. The second-order valence-corrected chi connectivity index (χ2v) is 8.52. The molecule has 4 nitrogen and oxygen atoms in total. The van der Waals surface area contributed by atoms with E-state index in [1.807, 2.05) is 18.3 Å². The molecule has 2 heterocycles. The van der Waals surface area contributed by atoms with Gasteiger partial charge in [0, 0.05) is 42.4 Å². The summed E-state index contributed by atoms with van der Waals surface area (Å²) in [5, 5.41) is 3.03. The summed E-state index contributed by atoms with van der Waals surface area (Å²) in [5.74, 6) is -12.4. The Hall–Kier alpha value is -3.72. The van der Waals surface area contributed by atoms with Gasteiger partial charge < -0.3 is 10.3 Å². The predicted molar refractivity (Wildman–Crippen MR) is 122 cm³/mol. The van der Waals surface area contributed by atoms with Crippen LogP contribution in [0.25, 0.3) is 10.9 Å². The number of halogens is 5. The molecule has 2 N–H and O–H groups in total. The lowest BCUT2D eigenvalue weighted by Crippen LogP contribution is -2.32. The van der Waals surface area contributed by atoms with Crippen LogP contribution >= 0.6 is 0 Å². The van der Waals surface area contributed by atoms with Crippen LogP contribution in [0.5, 0.6) is 0 Å². The van der Waals surface area contributed by atoms with Crippen molar-refractivity contribution < 1.29 is 26.7 Å². The minimum Gasteiger partial charge on any atom is -0.361 e. The van der Waals surface area contributed by atoms with Crippen LogP contribution in [0.2, 0.25) is 0 Å². The summed E-state index contributed by atoms with van der Waals surface area (Å²) >= 11 is 0. The van der Waals surface area contributed by atoms with Crippen molar-refractivity contribution in [2.24, 2.45) is 0 Å². The molecule has 0 bridgehead atoms. The molecule has 0 unspecified atom stereocenters. The molecule has 1 aromatic heterocycles. The average Bonchev–Trinajstić information content (AvgIpc) is 3.27. The second kappa shape index (κ2) is 9.14. The fraction of sp³-hybridized carbons (Fsp3) is 0.192. The largest absolute Gasteiger partial charge is 0.361 e. The smallest absolute Gasteiger partial charge is 0.261 e. The maximum atomic E-state index is 14.0. The highest BCUT2D eigenvalue weighted by Crippen LogP contribution is 2.27. The van der Waals surface area contributed by atoms with E-state index >= 15 is 0 Å². The van der Waals surface area contributed by atoms with E-state index in [9.17, 15) is 26.7 Å². The standard InChI is InChI=1S/C26H20F5N3O/c27-21-20(22(28)24(30)25(31)23(21)29)26(35)33-17-5-6-19-18(11-17)15(12-32-19)8-10-34-9-7-14-3-1-2-4-16(14)13-34/h1-6,11-12,32H,7-10,13H2,(H,33,35). The third-order valence-corrected chi connectivity index (χ3v) is 6.37. The SMILES string of the molecule is O=C(Nc1ccc2[nH]cc(CCN3CCc4ccccc4C3)c2c1)c1c(F)c(F)c(F)c(F)c1F. The second-order valence-electron chi connectivity index (χ2n) is 8.52. The van der Waals surface area contributed by atoms with Crippen molar-refractivity contribution in [3.8, 4) is 0 Å².